The molecular weight excluding hydrogens is 348 g/mol. The Bertz CT molecular complexity index is 762. The number of benzene rings is 1. The topological polar surface area (TPSA) is 99.4 Å². The highest BCUT2D eigenvalue weighted by molar-refractivity contribution is 6.32. The molecule has 1 heterocycles. The van der Waals surface area contributed by atoms with Crippen LogP contribution < -0.4 is 10.1 Å². The van der Waals surface area contributed by atoms with Gasteiger partial charge in [-0.25, -0.2) is 4.98 Å². The van der Waals surface area contributed by atoms with E-state index in [9.17, 15) is 10.1 Å². The van der Waals surface area contributed by atoms with Gasteiger partial charge in [0.25, 0.3) is 0 Å². The van der Waals surface area contributed by atoms with Crippen molar-refractivity contribution < 1.29 is 14.4 Å². The van der Waals surface area contributed by atoms with Crippen LogP contribution in [0.5, 0.6) is 11.6 Å². The van der Waals surface area contributed by atoms with Crippen LogP contribution in [-0.4, -0.2) is 34.6 Å². The molecule has 25 heavy (non-hydrogen) atoms. The van der Waals surface area contributed by atoms with Crippen LogP contribution >= 0.6 is 11.6 Å². The summed E-state index contributed by atoms with van der Waals surface area (Å²) in [5.74, 6) is 0.340. The molecule has 8 nitrogen and oxygen atoms in total. The highest BCUT2D eigenvalue weighted by Gasteiger charge is 2.26. The first-order chi connectivity index (χ1) is 11.8. The number of nitrogens with zero attached hydrogens (tertiary/aromatic N) is 3. The molecule has 0 bridgehead atoms. The molecule has 1 N–H and O–H groups in total. The van der Waals surface area contributed by atoms with E-state index in [2.05, 4.69) is 15.3 Å². The molecule has 0 fully saturated rings. The van der Waals surface area contributed by atoms with E-state index < -0.39 is 4.92 Å². The summed E-state index contributed by atoms with van der Waals surface area (Å²) in [6.07, 6.45) is 1.21. The lowest BCUT2D eigenvalue weighted by Crippen LogP contribution is -2.22. The number of aromatic nitrogens is 2. The number of anilines is 1. The number of hydrogen-bond donors (Lipinski definition) is 1. The first kappa shape index (κ1) is 18.9. The molecule has 1 aromatic heterocycles. The van der Waals surface area contributed by atoms with Crippen LogP contribution in [0.2, 0.25) is 5.02 Å². The molecule has 0 aliphatic rings. The lowest BCUT2D eigenvalue weighted by atomic mass is 10.1. The van der Waals surface area contributed by atoms with Gasteiger partial charge in [-0.15, -0.1) is 0 Å². The van der Waals surface area contributed by atoms with Gasteiger partial charge in [0.05, 0.1) is 11.5 Å². The number of nitrogens with one attached hydrogen (secondary N) is 1. The van der Waals surface area contributed by atoms with Gasteiger partial charge in [-0.3, -0.25) is 10.1 Å². The predicted molar refractivity (Wildman–Crippen MR) is 94.6 cm³/mol. The molecule has 0 aliphatic carbocycles. The van der Waals surface area contributed by atoms with Gasteiger partial charge in [-0.2, -0.15) is 4.98 Å². The highest BCUT2D eigenvalue weighted by Crippen LogP contribution is 2.36. The maximum absolute atomic E-state index is 11.5. The minimum absolute atomic E-state index is 0.0713. The number of hydrogen-bond acceptors (Lipinski definition) is 7. The Morgan fingerprint density at radius 1 is 1.32 bits per heavy atom. The van der Waals surface area contributed by atoms with Crippen molar-refractivity contribution in [1.29, 1.82) is 0 Å². The van der Waals surface area contributed by atoms with E-state index in [1.165, 1.54) is 6.33 Å². The summed E-state index contributed by atoms with van der Waals surface area (Å²) in [5.41, 5.74) is 1.27. The number of rotatable bonds is 7. The van der Waals surface area contributed by atoms with Crippen molar-refractivity contribution in [2.24, 2.45) is 0 Å². The summed E-state index contributed by atoms with van der Waals surface area (Å²) in [6, 6.07) is 3.22. The van der Waals surface area contributed by atoms with Gasteiger partial charge in [0.2, 0.25) is 5.82 Å². The molecule has 9 heteroatoms. The summed E-state index contributed by atoms with van der Waals surface area (Å²) in [6.45, 7) is 5.85. The number of nitro groups is 1. The van der Waals surface area contributed by atoms with Gasteiger partial charge in [0.1, 0.15) is 12.1 Å². The number of aryl methyl sites for hydroxylation is 2. The van der Waals surface area contributed by atoms with Crippen molar-refractivity contribution in [1.82, 2.24) is 9.97 Å². The van der Waals surface area contributed by atoms with E-state index in [1.807, 2.05) is 20.8 Å². The van der Waals surface area contributed by atoms with E-state index >= 15 is 0 Å². The quantitative estimate of drug-likeness (QED) is 0.586. The van der Waals surface area contributed by atoms with Crippen LogP contribution in [0.1, 0.15) is 18.1 Å². The second-order valence-corrected chi connectivity index (χ2v) is 5.98. The van der Waals surface area contributed by atoms with E-state index in [0.29, 0.717) is 17.4 Å². The molecule has 0 aliphatic heterocycles. The third kappa shape index (κ3) is 4.55. The fourth-order valence-corrected chi connectivity index (χ4v) is 2.42. The Kier molecular flexibility index (Phi) is 6.11. The molecule has 0 radical (unpaired) electrons. The van der Waals surface area contributed by atoms with Crippen LogP contribution in [0.25, 0.3) is 0 Å². The number of halogens is 1. The lowest BCUT2D eigenvalue weighted by Gasteiger charge is -2.14. The molecular formula is C16H19ClN4O4. The molecule has 1 aromatic carbocycles. The molecule has 2 rings (SSSR count). The Labute approximate surface area is 150 Å². The molecule has 0 amide bonds. The molecule has 0 spiro atoms. The Balaban J connectivity index is 2.39. The largest absolute Gasteiger partial charge is 0.434 e. The SMILES string of the molecule is COCC(C)Nc1ncnc(Oc2cc(C)c(Cl)c(C)c2)c1[N+](=O)[O-]. The molecule has 2 aromatic rings. The first-order valence-electron chi connectivity index (χ1n) is 7.53. The van der Waals surface area contributed by atoms with Gasteiger partial charge in [0, 0.05) is 18.2 Å². The standard InChI is InChI=1S/C16H19ClN4O4/c1-9-5-12(6-10(2)13(9)17)25-16-14(21(22)23)15(18-8-19-16)20-11(3)7-24-4/h5-6,8,11H,7H2,1-4H3,(H,18,19,20). The minimum Gasteiger partial charge on any atom is -0.434 e. The average molecular weight is 367 g/mol. The van der Waals surface area contributed by atoms with Crippen molar-refractivity contribution in [2.75, 3.05) is 19.0 Å². The van der Waals surface area contributed by atoms with E-state index in [-0.39, 0.29) is 23.4 Å². The van der Waals surface area contributed by atoms with E-state index in [1.54, 1.807) is 19.2 Å². The second-order valence-electron chi connectivity index (χ2n) is 5.61. The van der Waals surface area contributed by atoms with Crippen LogP contribution in [0.4, 0.5) is 11.5 Å². The second kappa shape index (κ2) is 8.09. The molecule has 1 atom stereocenters. The van der Waals surface area contributed by atoms with Gasteiger partial charge >= 0.3 is 11.6 Å². The van der Waals surface area contributed by atoms with Crippen molar-refractivity contribution in [3.63, 3.8) is 0 Å². The van der Waals surface area contributed by atoms with Crippen molar-refractivity contribution in [3.05, 3.63) is 44.7 Å². The molecule has 0 saturated carbocycles. The van der Waals surface area contributed by atoms with Gasteiger partial charge < -0.3 is 14.8 Å². The predicted octanol–water partition coefficient (Wildman–Crippen LogP) is 3.89. The zero-order chi connectivity index (χ0) is 18.6. The Morgan fingerprint density at radius 3 is 2.52 bits per heavy atom. The minimum atomic E-state index is -0.577. The third-order valence-electron chi connectivity index (χ3n) is 3.40. The van der Waals surface area contributed by atoms with Crippen molar-refractivity contribution in [2.45, 2.75) is 26.8 Å². The maximum Gasteiger partial charge on any atom is 0.373 e. The maximum atomic E-state index is 11.5. The van der Waals surface area contributed by atoms with Gasteiger partial charge in [-0.05, 0) is 44.0 Å². The van der Waals surface area contributed by atoms with Crippen molar-refractivity contribution in [3.8, 4) is 11.6 Å². The number of ether oxygens (including phenoxy) is 2. The fraction of sp³-hybridized carbons (Fsp3) is 0.375. The summed E-state index contributed by atoms with van der Waals surface area (Å²) in [5, 5.41) is 15.1. The van der Waals surface area contributed by atoms with Gasteiger partial charge in [0.15, 0.2) is 0 Å². The van der Waals surface area contributed by atoms with Crippen molar-refractivity contribution >= 4 is 23.1 Å². The number of methoxy groups -OCH3 is 1. The van der Waals surface area contributed by atoms with Crippen LogP contribution in [0, 0.1) is 24.0 Å². The normalized spacial score (nSPS) is 11.9. The third-order valence-corrected chi connectivity index (χ3v) is 3.99. The summed E-state index contributed by atoms with van der Waals surface area (Å²) < 4.78 is 10.7. The summed E-state index contributed by atoms with van der Waals surface area (Å²) in [7, 11) is 1.55. The first-order valence-corrected chi connectivity index (χ1v) is 7.90. The fourth-order valence-electron chi connectivity index (χ4n) is 2.31. The van der Waals surface area contributed by atoms with Crippen LogP contribution in [0.3, 0.4) is 0 Å². The summed E-state index contributed by atoms with van der Waals surface area (Å²) >= 11 is 6.14. The lowest BCUT2D eigenvalue weighted by molar-refractivity contribution is -0.385. The smallest absolute Gasteiger partial charge is 0.373 e. The Hall–Kier alpha value is -2.45. The molecule has 0 saturated heterocycles. The van der Waals surface area contributed by atoms with Crippen LogP contribution in [-0.2, 0) is 4.74 Å². The van der Waals surface area contributed by atoms with Crippen LogP contribution in [0.15, 0.2) is 18.5 Å². The van der Waals surface area contributed by atoms with E-state index in [4.69, 9.17) is 21.1 Å². The molecule has 134 valence electrons. The Morgan fingerprint density at radius 2 is 1.96 bits per heavy atom. The molecule has 1 unspecified atom stereocenters. The zero-order valence-corrected chi connectivity index (χ0v) is 15.1. The average Bonchev–Trinajstić information content (AvgIpc) is 2.52. The highest BCUT2D eigenvalue weighted by atomic mass is 35.5. The monoisotopic (exact) mass is 366 g/mol. The van der Waals surface area contributed by atoms with E-state index in [0.717, 1.165) is 11.1 Å². The zero-order valence-electron chi connectivity index (χ0n) is 14.4. The summed E-state index contributed by atoms with van der Waals surface area (Å²) in [4.78, 5) is 18.8. The van der Waals surface area contributed by atoms with Gasteiger partial charge in [-0.1, -0.05) is 11.6 Å².